The van der Waals surface area contributed by atoms with Crippen molar-refractivity contribution in [2.45, 2.75) is 24.7 Å². The van der Waals surface area contributed by atoms with Crippen molar-refractivity contribution >= 4 is 5.91 Å². The summed E-state index contributed by atoms with van der Waals surface area (Å²) in [5.41, 5.74) is 5.02. The average Bonchev–Trinajstić information content (AvgIpc) is 2.44. The Kier molecular flexibility index (Phi) is 3.56. The van der Waals surface area contributed by atoms with Gasteiger partial charge in [0.05, 0.1) is 18.7 Å². The number of primary amides is 1. The number of methoxy groups -OCH3 is 1. The van der Waals surface area contributed by atoms with Gasteiger partial charge in [0.1, 0.15) is 0 Å². The van der Waals surface area contributed by atoms with E-state index in [0.29, 0.717) is 0 Å². The van der Waals surface area contributed by atoms with Crippen LogP contribution in [0.3, 0.4) is 0 Å². The Balaban J connectivity index is 2.64. The molecule has 0 aromatic rings. The summed E-state index contributed by atoms with van der Waals surface area (Å²) in [6, 6.07) is -0.878. The lowest BCUT2D eigenvalue weighted by molar-refractivity contribution is -0.151. The molecule has 0 saturated carbocycles. The number of hydrogen-bond donors (Lipinski definition) is 1. The molecule has 2 N–H and O–H groups in total. The molecule has 1 amide bonds. The molecule has 1 saturated heterocycles. The number of amides is 1. The molecule has 0 unspecified atom stereocenters. The van der Waals surface area contributed by atoms with Crippen LogP contribution in [-0.4, -0.2) is 49.3 Å². The molecule has 1 heterocycles. The highest BCUT2D eigenvalue weighted by Crippen LogP contribution is 2.25. The minimum Gasteiger partial charge on any atom is -0.380 e. The van der Waals surface area contributed by atoms with E-state index in [0.717, 1.165) is 4.90 Å². The van der Waals surface area contributed by atoms with Crippen LogP contribution in [-0.2, 0) is 9.53 Å². The van der Waals surface area contributed by atoms with Crippen LogP contribution in [0.1, 0.15) is 6.42 Å². The molecule has 15 heavy (non-hydrogen) atoms. The lowest BCUT2D eigenvalue weighted by atomic mass is 10.2. The second kappa shape index (κ2) is 4.36. The molecule has 0 aromatic carbocycles. The Hall–Kier alpha value is -0.820. The highest BCUT2D eigenvalue weighted by Gasteiger charge is 2.41. The molecule has 1 aliphatic heterocycles. The van der Waals surface area contributed by atoms with Gasteiger partial charge in [0, 0.05) is 13.7 Å². The third-order valence-corrected chi connectivity index (χ3v) is 2.41. The molecule has 0 aliphatic carbocycles. The number of carbonyl (C=O) groups is 1. The Labute approximate surface area is 85.2 Å². The third kappa shape index (κ3) is 3.35. The van der Waals surface area contributed by atoms with E-state index in [1.54, 1.807) is 0 Å². The Morgan fingerprint density at radius 3 is 2.60 bits per heavy atom. The minimum atomic E-state index is -4.32. The molecule has 1 rings (SSSR count). The number of alkyl halides is 3. The van der Waals surface area contributed by atoms with E-state index in [1.807, 2.05) is 0 Å². The summed E-state index contributed by atoms with van der Waals surface area (Å²) in [5.74, 6) is -0.737. The first-order chi connectivity index (χ1) is 6.83. The lowest BCUT2D eigenvalue weighted by Gasteiger charge is -2.22. The van der Waals surface area contributed by atoms with Crippen LogP contribution in [0.25, 0.3) is 0 Å². The van der Waals surface area contributed by atoms with E-state index in [2.05, 4.69) is 0 Å². The molecule has 7 heteroatoms. The zero-order valence-corrected chi connectivity index (χ0v) is 8.25. The van der Waals surface area contributed by atoms with Crippen molar-refractivity contribution in [1.82, 2.24) is 4.90 Å². The summed E-state index contributed by atoms with van der Waals surface area (Å²) < 4.78 is 41.3. The summed E-state index contributed by atoms with van der Waals surface area (Å²) in [6.45, 7) is -1.04. The van der Waals surface area contributed by atoms with Gasteiger partial charge in [-0.2, -0.15) is 13.2 Å². The second-order valence-corrected chi connectivity index (χ2v) is 3.56. The molecule has 2 atom stereocenters. The predicted octanol–water partition coefficient (Wildman–Crippen LogP) is 0.123. The SMILES string of the molecule is CO[C@H]1C[C@@H](C(N)=O)N(CC(F)(F)F)C1. The molecular weight excluding hydrogens is 213 g/mol. The Morgan fingerprint density at radius 1 is 1.60 bits per heavy atom. The van der Waals surface area contributed by atoms with Crippen molar-refractivity contribution < 1.29 is 22.7 Å². The van der Waals surface area contributed by atoms with Crippen molar-refractivity contribution in [3.63, 3.8) is 0 Å². The third-order valence-electron chi connectivity index (χ3n) is 2.41. The van der Waals surface area contributed by atoms with Gasteiger partial charge in [-0.15, -0.1) is 0 Å². The lowest BCUT2D eigenvalue weighted by Crippen LogP contribution is -2.44. The first kappa shape index (κ1) is 12.3. The zero-order valence-electron chi connectivity index (χ0n) is 8.25. The fourth-order valence-electron chi connectivity index (χ4n) is 1.73. The maximum Gasteiger partial charge on any atom is 0.401 e. The largest absolute Gasteiger partial charge is 0.401 e. The summed E-state index contributed by atoms with van der Waals surface area (Å²) in [5, 5.41) is 0. The van der Waals surface area contributed by atoms with Crippen LogP contribution in [0.2, 0.25) is 0 Å². The molecular formula is C8H13F3N2O2. The highest BCUT2D eigenvalue weighted by atomic mass is 19.4. The van der Waals surface area contributed by atoms with Crippen LogP contribution < -0.4 is 5.73 Å². The van der Waals surface area contributed by atoms with Gasteiger partial charge >= 0.3 is 6.18 Å². The smallest absolute Gasteiger partial charge is 0.380 e. The number of halogens is 3. The number of likely N-dealkylation sites (tertiary alicyclic amines) is 1. The standard InChI is InChI=1S/C8H13F3N2O2/c1-15-5-2-6(7(12)14)13(3-5)4-8(9,10)11/h5-6H,2-4H2,1H3,(H2,12,14)/t5-,6-/m0/s1. The van der Waals surface area contributed by atoms with Gasteiger partial charge in [-0.3, -0.25) is 9.69 Å². The van der Waals surface area contributed by atoms with Gasteiger partial charge in [-0.1, -0.05) is 0 Å². The van der Waals surface area contributed by atoms with Crippen molar-refractivity contribution in [1.29, 1.82) is 0 Å². The fraction of sp³-hybridized carbons (Fsp3) is 0.875. The van der Waals surface area contributed by atoms with Crippen LogP contribution >= 0.6 is 0 Å². The van der Waals surface area contributed by atoms with Crippen LogP contribution in [0.4, 0.5) is 13.2 Å². The topological polar surface area (TPSA) is 55.6 Å². The van der Waals surface area contributed by atoms with E-state index in [-0.39, 0.29) is 19.1 Å². The molecule has 0 spiro atoms. The van der Waals surface area contributed by atoms with E-state index in [9.17, 15) is 18.0 Å². The summed E-state index contributed by atoms with van der Waals surface area (Å²) in [6.07, 6.45) is -4.46. The minimum absolute atomic E-state index is 0.0869. The number of nitrogens with zero attached hydrogens (tertiary/aromatic N) is 1. The molecule has 0 aromatic heterocycles. The van der Waals surface area contributed by atoms with Gasteiger partial charge in [0.15, 0.2) is 0 Å². The molecule has 1 aliphatic rings. The van der Waals surface area contributed by atoms with Gasteiger partial charge in [-0.05, 0) is 6.42 Å². The second-order valence-electron chi connectivity index (χ2n) is 3.56. The monoisotopic (exact) mass is 226 g/mol. The number of hydrogen-bond acceptors (Lipinski definition) is 3. The van der Waals surface area contributed by atoms with E-state index in [4.69, 9.17) is 10.5 Å². The first-order valence-electron chi connectivity index (χ1n) is 4.46. The highest BCUT2D eigenvalue weighted by molar-refractivity contribution is 5.80. The molecule has 0 radical (unpaired) electrons. The summed E-state index contributed by atoms with van der Waals surface area (Å²) in [4.78, 5) is 11.9. The van der Waals surface area contributed by atoms with Crippen molar-refractivity contribution in [2.24, 2.45) is 5.73 Å². The van der Waals surface area contributed by atoms with Crippen LogP contribution in [0.15, 0.2) is 0 Å². The number of ether oxygens (including phenoxy) is 1. The van der Waals surface area contributed by atoms with E-state index < -0.39 is 24.7 Å². The average molecular weight is 226 g/mol. The van der Waals surface area contributed by atoms with Gasteiger partial charge < -0.3 is 10.5 Å². The van der Waals surface area contributed by atoms with Crippen molar-refractivity contribution in [2.75, 3.05) is 20.2 Å². The van der Waals surface area contributed by atoms with E-state index in [1.165, 1.54) is 7.11 Å². The van der Waals surface area contributed by atoms with Crippen molar-refractivity contribution in [3.8, 4) is 0 Å². The quantitative estimate of drug-likeness (QED) is 0.743. The molecule has 88 valence electrons. The van der Waals surface area contributed by atoms with Crippen molar-refractivity contribution in [3.05, 3.63) is 0 Å². The summed E-state index contributed by atoms with van der Waals surface area (Å²) >= 11 is 0. The fourth-order valence-corrected chi connectivity index (χ4v) is 1.73. The molecule has 1 fully saturated rings. The molecule has 4 nitrogen and oxygen atoms in total. The van der Waals surface area contributed by atoms with Gasteiger partial charge in [0.25, 0.3) is 0 Å². The van der Waals surface area contributed by atoms with Gasteiger partial charge in [0.2, 0.25) is 5.91 Å². The Bertz CT molecular complexity index is 245. The maximum atomic E-state index is 12.1. The molecule has 0 bridgehead atoms. The normalized spacial score (nSPS) is 28.3. The van der Waals surface area contributed by atoms with E-state index >= 15 is 0 Å². The summed E-state index contributed by atoms with van der Waals surface area (Å²) in [7, 11) is 1.40. The number of carbonyl (C=O) groups excluding carboxylic acids is 1. The Morgan fingerprint density at radius 2 is 2.20 bits per heavy atom. The maximum absolute atomic E-state index is 12.1. The van der Waals surface area contributed by atoms with Gasteiger partial charge in [-0.25, -0.2) is 0 Å². The number of rotatable bonds is 3. The number of nitrogens with two attached hydrogens (primary N) is 1. The van der Waals surface area contributed by atoms with Crippen LogP contribution in [0.5, 0.6) is 0 Å². The van der Waals surface area contributed by atoms with Crippen LogP contribution in [0, 0.1) is 0 Å². The zero-order chi connectivity index (χ0) is 11.6. The first-order valence-corrected chi connectivity index (χ1v) is 4.46. The predicted molar refractivity (Wildman–Crippen MR) is 46.0 cm³/mol.